The van der Waals surface area contributed by atoms with Crippen LogP contribution < -0.4 is 5.73 Å². The molecule has 4 aromatic rings. The molecule has 0 spiro atoms. The number of hydrogen-bond acceptors (Lipinski definition) is 2. The highest BCUT2D eigenvalue weighted by atomic mass is 35.5. The third kappa shape index (κ3) is 2.74. The van der Waals surface area contributed by atoms with E-state index < -0.39 is 0 Å². The fourth-order valence-corrected chi connectivity index (χ4v) is 3.23. The van der Waals surface area contributed by atoms with Gasteiger partial charge in [-0.2, -0.15) is 0 Å². The Morgan fingerprint density at radius 3 is 2.42 bits per heavy atom. The molecule has 0 amide bonds. The first kappa shape index (κ1) is 16.4. The second-order valence-corrected chi connectivity index (χ2v) is 6.19. The highest BCUT2D eigenvalue weighted by molar-refractivity contribution is 6.39. The number of rotatable bonds is 2. The molecule has 3 aromatic carbocycles. The van der Waals surface area contributed by atoms with E-state index >= 15 is 0 Å². The number of aliphatic imine (C=N–C) groups is 2. The third-order valence-corrected chi connectivity index (χ3v) is 4.61. The van der Waals surface area contributed by atoms with Gasteiger partial charge in [-0.3, -0.25) is 4.99 Å². The second-order valence-electron chi connectivity index (χ2n) is 5.81. The zero-order valence-electron chi connectivity index (χ0n) is 14.1. The van der Waals surface area contributed by atoms with Crippen molar-refractivity contribution < 1.29 is 4.42 Å². The van der Waals surface area contributed by atoms with Crippen LogP contribution in [-0.2, 0) is 0 Å². The van der Waals surface area contributed by atoms with Crippen molar-refractivity contribution in [3.8, 4) is 0 Å². The molecule has 5 heteroatoms. The van der Waals surface area contributed by atoms with Crippen LogP contribution in [0.4, 0.5) is 0 Å². The SMILES string of the molecule is CN=C(N=C(N)c1ccccc1)c1ccc2c(oc3ccccc32)c1Cl. The van der Waals surface area contributed by atoms with Crippen LogP contribution in [0, 0.1) is 0 Å². The van der Waals surface area contributed by atoms with Crippen molar-refractivity contribution >= 4 is 45.2 Å². The number of fused-ring (bicyclic) bond motifs is 3. The van der Waals surface area contributed by atoms with Crippen molar-refractivity contribution in [2.45, 2.75) is 0 Å². The smallest absolute Gasteiger partial charge is 0.158 e. The first-order valence-corrected chi connectivity index (χ1v) is 8.53. The molecule has 0 saturated carbocycles. The van der Waals surface area contributed by atoms with E-state index in [1.54, 1.807) is 7.05 Å². The predicted molar refractivity (Wildman–Crippen MR) is 108 cm³/mol. The van der Waals surface area contributed by atoms with Gasteiger partial charge in [0.2, 0.25) is 0 Å². The highest BCUT2D eigenvalue weighted by Crippen LogP contribution is 2.35. The van der Waals surface area contributed by atoms with E-state index in [1.165, 1.54) is 0 Å². The van der Waals surface area contributed by atoms with Gasteiger partial charge in [0.05, 0.1) is 5.02 Å². The van der Waals surface area contributed by atoms with Crippen molar-refractivity contribution in [2.24, 2.45) is 15.7 Å². The third-order valence-electron chi connectivity index (χ3n) is 4.23. The summed E-state index contributed by atoms with van der Waals surface area (Å²) in [5.41, 5.74) is 9.06. The van der Waals surface area contributed by atoms with Crippen molar-refractivity contribution in [1.29, 1.82) is 0 Å². The molecule has 26 heavy (non-hydrogen) atoms. The van der Waals surface area contributed by atoms with Gasteiger partial charge in [-0.1, -0.05) is 60.1 Å². The van der Waals surface area contributed by atoms with Crippen LogP contribution in [0.3, 0.4) is 0 Å². The van der Waals surface area contributed by atoms with Gasteiger partial charge < -0.3 is 10.2 Å². The Labute approximate surface area is 155 Å². The average Bonchev–Trinajstić information content (AvgIpc) is 3.07. The quantitative estimate of drug-likeness (QED) is 0.402. The summed E-state index contributed by atoms with van der Waals surface area (Å²) in [5, 5.41) is 2.46. The van der Waals surface area contributed by atoms with E-state index in [0.717, 1.165) is 21.9 Å². The Hall–Kier alpha value is -3.11. The molecule has 1 aromatic heterocycles. The molecule has 2 N–H and O–H groups in total. The fourth-order valence-electron chi connectivity index (χ4n) is 2.95. The lowest BCUT2D eigenvalue weighted by atomic mass is 10.1. The summed E-state index contributed by atoms with van der Waals surface area (Å²) in [4.78, 5) is 8.74. The maximum atomic E-state index is 6.63. The summed E-state index contributed by atoms with van der Waals surface area (Å²) in [6.45, 7) is 0. The minimum Gasteiger partial charge on any atom is -0.454 e. The molecular formula is C21H16ClN3O. The van der Waals surface area contributed by atoms with Gasteiger partial charge in [-0.15, -0.1) is 0 Å². The molecule has 1 heterocycles. The number of benzene rings is 3. The molecule has 0 saturated heterocycles. The number of halogens is 1. The molecule has 4 rings (SSSR count). The van der Waals surface area contributed by atoms with Crippen molar-refractivity contribution in [3.05, 3.63) is 82.9 Å². The molecule has 0 fully saturated rings. The summed E-state index contributed by atoms with van der Waals surface area (Å²) >= 11 is 6.63. The highest BCUT2D eigenvalue weighted by Gasteiger charge is 2.16. The van der Waals surface area contributed by atoms with E-state index in [2.05, 4.69) is 9.98 Å². The van der Waals surface area contributed by atoms with E-state index in [0.29, 0.717) is 27.8 Å². The van der Waals surface area contributed by atoms with Gasteiger partial charge in [0, 0.05) is 28.9 Å². The van der Waals surface area contributed by atoms with Gasteiger partial charge in [0.1, 0.15) is 11.4 Å². The van der Waals surface area contributed by atoms with Crippen LogP contribution >= 0.6 is 11.6 Å². The lowest BCUT2D eigenvalue weighted by Gasteiger charge is -2.06. The van der Waals surface area contributed by atoms with Crippen LogP contribution in [0.1, 0.15) is 11.1 Å². The molecule has 0 aliphatic carbocycles. The van der Waals surface area contributed by atoms with Crippen LogP contribution in [0.15, 0.2) is 81.1 Å². The summed E-state index contributed by atoms with van der Waals surface area (Å²) in [7, 11) is 1.66. The molecule has 0 radical (unpaired) electrons. The topological polar surface area (TPSA) is 63.9 Å². The Balaban J connectivity index is 1.84. The van der Waals surface area contributed by atoms with E-state index in [-0.39, 0.29) is 0 Å². The van der Waals surface area contributed by atoms with E-state index in [9.17, 15) is 0 Å². The van der Waals surface area contributed by atoms with E-state index in [4.69, 9.17) is 21.8 Å². The molecule has 0 aliphatic heterocycles. The first-order chi connectivity index (χ1) is 12.7. The summed E-state index contributed by atoms with van der Waals surface area (Å²) in [6.07, 6.45) is 0. The number of nitrogens with two attached hydrogens (primary N) is 1. The van der Waals surface area contributed by atoms with Gasteiger partial charge in [0.15, 0.2) is 11.4 Å². The van der Waals surface area contributed by atoms with Crippen LogP contribution in [0.25, 0.3) is 21.9 Å². The standard InChI is InChI=1S/C21H16ClN3O/c1-24-21(25-20(23)13-7-3-2-4-8-13)16-12-11-15-14-9-5-6-10-17(14)26-19(15)18(16)22/h2-12H,1H3,(H2,23,24,25). The largest absolute Gasteiger partial charge is 0.454 e. The Morgan fingerprint density at radius 1 is 0.923 bits per heavy atom. The molecule has 0 bridgehead atoms. The zero-order valence-corrected chi connectivity index (χ0v) is 14.9. The minimum atomic E-state index is 0.381. The lowest BCUT2D eigenvalue weighted by molar-refractivity contribution is 0.669. The molecule has 0 atom stereocenters. The fraction of sp³-hybridized carbons (Fsp3) is 0.0476. The second kappa shape index (κ2) is 6.65. The molecule has 0 unspecified atom stereocenters. The lowest BCUT2D eigenvalue weighted by Crippen LogP contribution is -2.16. The zero-order chi connectivity index (χ0) is 18.1. The Kier molecular flexibility index (Phi) is 4.19. The summed E-state index contributed by atoms with van der Waals surface area (Å²) in [5.74, 6) is 0.839. The van der Waals surface area contributed by atoms with Crippen molar-refractivity contribution in [3.63, 3.8) is 0 Å². The number of nitrogens with zero attached hydrogens (tertiary/aromatic N) is 2. The molecule has 0 aliphatic rings. The Bertz CT molecular complexity index is 1160. The normalized spacial score (nSPS) is 12.8. The summed E-state index contributed by atoms with van der Waals surface area (Å²) < 4.78 is 5.94. The molecular weight excluding hydrogens is 346 g/mol. The monoisotopic (exact) mass is 361 g/mol. The minimum absolute atomic E-state index is 0.381. The van der Waals surface area contributed by atoms with Crippen molar-refractivity contribution in [1.82, 2.24) is 0 Å². The molecule has 128 valence electrons. The van der Waals surface area contributed by atoms with Gasteiger partial charge in [-0.05, 0) is 18.2 Å². The van der Waals surface area contributed by atoms with E-state index in [1.807, 2.05) is 66.7 Å². The number of hydrogen-bond donors (Lipinski definition) is 1. The first-order valence-electron chi connectivity index (χ1n) is 8.15. The summed E-state index contributed by atoms with van der Waals surface area (Å²) in [6, 6.07) is 21.3. The van der Waals surface area contributed by atoms with Crippen LogP contribution in [0.2, 0.25) is 5.02 Å². The maximum Gasteiger partial charge on any atom is 0.158 e. The Morgan fingerprint density at radius 2 is 1.65 bits per heavy atom. The van der Waals surface area contributed by atoms with Gasteiger partial charge in [-0.25, -0.2) is 4.99 Å². The van der Waals surface area contributed by atoms with Crippen molar-refractivity contribution in [2.75, 3.05) is 7.05 Å². The number of furan rings is 1. The number of para-hydroxylation sites is 1. The average molecular weight is 362 g/mol. The van der Waals surface area contributed by atoms with Crippen LogP contribution in [0.5, 0.6) is 0 Å². The van der Waals surface area contributed by atoms with Gasteiger partial charge >= 0.3 is 0 Å². The number of amidine groups is 2. The van der Waals surface area contributed by atoms with Gasteiger partial charge in [0.25, 0.3) is 0 Å². The predicted octanol–water partition coefficient (Wildman–Crippen LogP) is 5.02. The maximum absolute atomic E-state index is 6.63. The molecule has 4 nitrogen and oxygen atoms in total. The van der Waals surface area contributed by atoms with Crippen LogP contribution in [-0.4, -0.2) is 18.7 Å².